The topological polar surface area (TPSA) is 69.6 Å². The number of likely N-dealkylation sites (N-methyl/N-ethyl adjacent to an activating group) is 1. The molecule has 0 aliphatic rings. The molecule has 8 heteroatoms. The van der Waals surface area contributed by atoms with Gasteiger partial charge in [-0.25, -0.2) is 9.98 Å². The first kappa shape index (κ1) is 20.4. The Labute approximate surface area is 163 Å². The quantitative estimate of drug-likeness (QED) is 0.534. The summed E-state index contributed by atoms with van der Waals surface area (Å²) in [4.78, 5) is 24.8. The van der Waals surface area contributed by atoms with Gasteiger partial charge < -0.3 is 15.5 Å². The number of nitrogens with zero attached hydrogens (tertiary/aromatic N) is 3. The number of nitrogens with one attached hydrogen (secondary N) is 2. The SMILES string of the molecule is Cc1cnc(C(C)CNC(=NCC(=O)N(C)C)NCCc2cccs2)s1. The summed E-state index contributed by atoms with van der Waals surface area (Å²) in [5.74, 6) is 0.924. The molecule has 0 spiro atoms. The van der Waals surface area contributed by atoms with E-state index in [1.54, 1.807) is 41.7 Å². The number of hydrogen-bond donors (Lipinski definition) is 2. The Hall–Kier alpha value is -1.93. The zero-order valence-corrected chi connectivity index (χ0v) is 17.4. The lowest BCUT2D eigenvalue weighted by Gasteiger charge is -2.16. The molecule has 2 aromatic rings. The summed E-state index contributed by atoms with van der Waals surface area (Å²) in [5, 5.41) is 9.85. The summed E-state index contributed by atoms with van der Waals surface area (Å²) >= 11 is 3.46. The molecule has 1 unspecified atom stereocenters. The van der Waals surface area contributed by atoms with Gasteiger partial charge in [-0.15, -0.1) is 22.7 Å². The summed E-state index contributed by atoms with van der Waals surface area (Å²) in [7, 11) is 3.48. The van der Waals surface area contributed by atoms with Crippen LogP contribution in [0.5, 0.6) is 0 Å². The maximum absolute atomic E-state index is 11.8. The van der Waals surface area contributed by atoms with E-state index in [4.69, 9.17) is 0 Å². The lowest BCUT2D eigenvalue weighted by atomic mass is 10.2. The first-order valence-corrected chi connectivity index (χ1v) is 10.3. The predicted octanol–water partition coefficient (Wildman–Crippen LogP) is 2.48. The molecule has 0 aliphatic carbocycles. The molecule has 6 nitrogen and oxygen atoms in total. The number of amides is 1. The monoisotopic (exact) mass is 393 g/mol. The fourth-order valence-corrected chi connectivity index (χ4v) is 3.69. The minimum atomic E-state index is -0.0204. The second-order valence-corrected chi connectivity index (χ2v) is 8.60. The van der Waals surface area contributed by atoms with Crippen molar-refractivity contribution >= 4 is 34.5 Å². The van der Waals surface area contributed by atoms with Crippen molar-refractivity contribution in [3.63, 3.8) is 0 Å². The largest absolute Gasteiger partial charge is 0.356 e. The van der Waals surface area contributed by atoms with Gasteiger partial charge in [0.25, 0.3) is 0 Å². The molecule has 1 amide bonds. The van der Waals surface area contributed by atoms with Gasteiger partial charge in [0, 0.05) is 49.1 Å². The van der Waals surface area contributed by atoms with Crippen LogP contribution in [0.1, 0.15) is 27.6 Å². The molecular weight excluding hydrogens is 366 g/mol. The number of rotatable bonds is 8. The molecule has 0 saturated heterocycles. The molecule has 26 heavy (non-hydrogen) atoms. The van der Waals surface area contributed by atoms with E-state index in [2.05, 4.69) is 52.0 Å². The van der Waals surface area contributed by atoms with Crippen molar-refractivity contribution in [1.29, 1.82) is 0 Å². The van der Waals surface area contributed by atoms with Gasteiger partial charge in [0.05, 0.1) is 5.01 Å². The van der Waals surface area contributed by atoms with Crippen LogP contribution in [0.4, 0.5) is 0 Å². The number of aromatic nitrogens is 1. The van der Waals surface area contributed by atoms with Crippen LogP contribution >= 0.6 is 22.7 Å². The first-order chi connectivity index (χ1) is 12.5. The number of aliphatic imine (C=N–C) groups is 1. The molecule has 0 radical (unpaired) electrons. The second-order valence-electron chi connectivity index (χ2n) is 6.30. The first-order valence-electron chi connectivity index (χ1n) is 8.62. The van der Waals surface area contributed by atoms with Crippen molar-refractivity contribution in [1.82, 2.24) is 20.5 Å². The fraction of sp³-hybridized carbons (Fsp3) is 0.500. The molecule has 1 atom stereocenters. The normalized spacial score (nSPS) is 12.7. The maximum atomic E-state index is 11.8. The molecule has 2 N–H and O–H groups in total. The summed E-state index contributed by atoms with van der Waals surface area (Å²) in [6.45, 7) is 5.82. The standard InChI is InChI=1S/C18H27N5OS2/c1-13(17-20-11-14(2)26-17)10-21-18(22-12-16(24)23(3)4)19-8-7-15-6-5-9-25-15/h5-6,9,11,13H,7-8,10,12H2,1-4H3,(H2,19,21,22). The van der Waals surface area contributed by atoms with E-state index in [-0.39, 0.29) is 18.4 Å². The van der Waals surface area contributed by atoms with Gasteiger partial charge >= 0.3 is 0 Å². The van der Waals surface area contributed by atoms with E-state index in [9.17, 15) is 4.79 Å². The molecule has 0 fully saturated rings. The summed E-state index contributed by atoms with van der Waals surface area (Å²) in [6.07, 6.45) is 2.84. The minimum absolute atomic E-state index is 0.0204. The highest BCUT2D eigenvalue weighted by Crippen LogP contribution is 2.20. The number of hydrogen-bond acceptors (Lipinski definition) is 5. The Balaban J connectivity index is 1.90. The molecule has 0 aliphatic heterocycles. The highest BCUT2D eigenvalue weighted by atomic mass is 32.1. The van der Waals surface area contributed by atoms with Crippen molar-refractivity contribution in [2.45, 2.75) is 26.2 Å². The zero-order chi connectivity index (χ0) is 18.9. The molecule has 2 aromatic heterocycles. The van der Waals surface area contributed by atoms with Crippen LogP contribution in [-0.4, -0.2) is 55.5 Å². The average molecular weight is 394 g/mol. The Morgan fingerprint density at radius 2 is 2.19 bits per heavy atom. The van der Waals surface area contributed by atoms with Crippen molar-refractivity contribution in [2.24, 2.45) is 4.99 Å². The van der Waals surface area contributed by atoms with Crippen LogP contribution < -0.4 is 10.6 Å². The fourth-order valence-electron chi connectivity index (χ4n) is 2.16. The summed E-state index contributed by atoms with van der Waals surface area (Å²) in [5.41, 5.74) is 0. The Bertz CT molecular complexity index is 709. The number of carbonyl (C=O) groups is 1. The van der Waals surface area contributed by atoms with Gasteiger partial charge in [-0.3, -0.25) is 4.79 Å². The van der Waals surface area contributed by atoms with Crippen LogP contribution in [0.15, 0.2) is 28.7 Å². The van der Waals surface area contributed by atoms with Gasteiger partial charge in [-0.1, -0.05) is 13.0 Å². The number of thiophene rings is 1. The van der Waals surface area contributed by atoms with E-state index in [0.717, 1.165) is 18.0 Å². The highest BCUT2D eigenvalue weighted by Gasteiger charge is 2.11. The van der Waals surface area contributed by atoms with Crippen LogP contribution in [0, 0.1) is 6.92 Å². The third-order valence-electron chi connectivity index (χ3n) is 3.75. The third-order valence-corrected chi connectivity index (χ3v) is 5.83. The van der Waals surface area contributed by atoms with Crippen molar-refractivity contribution < 1.29 is 4.79 Å². The average Bonchev–Trinajstić information content (AvgIpc) is 3.27. The summed E-state index contributed by atoms with van der Waals surface area (Å²) < 4.78 is 0. The van der Waals surface area contributed by atoms with Crippen molar-refractivity contribution in [2.75, 3.05) is 33.7 Å². The highest BCUT2D eigenvalue weighted by molar-refractivity contribution is 7.11. The van der Waals surface area contributed by atoms with Crippen LogP contribution in [-0.2, 0) is 11.2 Å². The molecule has 2 rings (SSSR count). The van der Waals surface area contributed by atoms with E-state index >= 15 is 0 Å². The Morgan fingerprint density at radius 3 is 2.81 bits per heavy atom. The number of carbonyl (C=O) groups excluding carboxylic acids is 1. The Kier molecular flexibility index (Phi) is 8.06. The lowest BCUT2D eigenvalue weighted by molar-refractivity contribution is -0.127. The number of guanidine groups is 1. The van der Waals surface area contributed by atoms with E-state index in [1.807, 2.05) is 6.20 Å². The molecule has 0 aromatic carbocycles. The molecule has 2 heterocycles. The lowest BCUT2D eigenvalue weighted by Crippen LogP contribution is -2.41. The minimum Gasteiger partial charge on any atom is -0.356 e. The van der Waals surface area contributed by atoms with Crippen molar-refractivity contribution in [3.8, 4) is 0 Å². The smallest absolute Gasteiger partial charge is 0.243 e. The van der Waals surface area contributed by atoms with Crippen LogP contribution in [0.2, 0.25) is 0 Å². The Morgan fingerprint density at radius 1 is 1.38 bits per heavy atom. The van der Waals surface area contributed by atoms with E-state index in [1.165, 1.54) is 9.75 Å². The van der Waals surface area contributed by atoms with Crippen LogP contribution in [0.3, 0.4) is 0 Å². The van der Waals surface area contributed by atoms with Gasteiger partial charge in [0.1, 0.15) is 6.54 Å². The zero-order valence-electron chi connectivity index (χ0n) is 15.8. The molecule has 142 valence electrons. The van der Waals surface area contributed by atoms with Gasteiger partial charge in [0.2, 0.25) is 5.91 Å². The third kappa shape index (κ3) is 6.76. The molecule has 0 bridgehead atoms. The van der Waals surface area contributed by atoms with E-state index in [0.29, 0.717) is 12.5 Å². The van der Waals surface area contributed by atoms with E-state index < -0.39 is 0 Å². The second kappa shape index (κ2) is 10.3. The van der Waals surface area contributed by atoms with Gasteiger partial charge in [-0.2, -0.15) is 0 Å². The molecule has 0 saturated carbocycles. The van der Waals surface area contributed by atoms with Crippen LogP contribution in [0.25, 0.3) is 0 Å². The summed E-state index contributed by atoms with van der Waals surface area (Å²) in [6, 6.07) is 4.18. The number of aryl methyl sites for hydroxylation is 1. The van der Waals surface area contributed by atoms with Crippen molar-refractivity contribution in [3.05, 3.63) is 38.5 Å². The van der Waals surface area contributed by atoms with Gasteiger partial charge in [0.15, 0.2) is 5.96 Å². The van der Waals surface area contributed by atoms with Gasteiger partial charge in [-0.05, 0) is 24.8 Å². The maximum Gasteiger partial charge on any atom is 0.243 e. The molecular formula is C18H27N5OS2. The predicted molar refractivity (Wildman–Crippen MR) is 110 cm³/mol. The number of thiazole rings is 1.